The summed E-state index contributed by atoms with van der Waals surface area (Å²) in [6.07, 6.45) is 2.17. The van der Waals surface area contributed by atoms with Crippen molar-refractivity contribution < 1.29 is 4.79 Å². The van der Waals surface area contributed by atoms with Crippen LogP contribution in [0.4, 0.5) is 10.5 Å². The highest BCUT2D eigenvalue weighted by Gasteiger charge is 2.32. The number of para-hydroxylation sites is 1. The Hall–Kier alpha value is -1.52. The largest absolute Gasteiger partial charge is 0.322 e. The van der Waals surface area contributed by atoms with Gasteiger partial charge in [0, 0.05) is 12.6 Å². The minimum atomic E-state index is -0.0770. The molecule has 2 amide bonds. The lowest BCUT2D eigenvalue weighted by atomic mass is 10.3. The average Bonchev–Trinajstić information content (AvgIpc) is 3.15. The van der Waals surface area contributed by atoms with Gasteiger partial charge in [-0.3, -0.25) is 0 Å². The van der Waals surface area contributed by atoms with Crippen LogP contribution in [0.15, 0.2) is 41.1 Å². The highest BCUT2D eigenvalue weighted by atomic mass is 35.5. The summed E-state index contributed by atoms with van der Waals surface area (Å²) in [6.45, 7) is 0.657. The van der Waals surface area contributed by atoms with E-state index in [-0.39, 0.29) is 6.03 Å². The Morgan fingerprint density at radius 2 is 2.15 bits per heavy atom. The zero-order valence-electron chi connectivity index (χ0n) is 10.9. The van der Waals surface area contributed by atoms with Gasteiger partial charge in [0.25, 0.3) is 0 Å². The quantitative estimate of drug-likeness (QED) is 0.879. The van der Waals surface area contributed by atoms with Crippen LogP contribution < -0.4 is 5.32 Å². The Bertz CT molecular complexity index is 596. The number of hydrogen-bond donors (Lipinski definition) is 1. The molecule has 0 saturated heterocycles. The van der Waals surface area contributed by atoms with Gasteiger partial charge in [-0.2, -0.15) is 11.3 Å². The van der Waals surface area contributed by atoms with Crippen LogP contribution >= 0.6 is 22.9 Å². The number of thiophene rings is 1. The van der Waals surface area contributed by atoms with Crippen molar-refractivity contribution in [2.75, 3.05) is 5.32 Å². The van der Waals surface area contributed by atoms with E-state index in [9.17, 15) is 4.79 Å². The maximum atomic E-state index is 12.4. The Labute approximate surface area is 127 Å². The van der Waals surface area contributed by atoms with Crippen molar-refractivity contribution in [3.8, 4) is 0 Å². The molecule has 1 aliphatic carbocycles. The van der Waals surface area contributed by atoms with Crippen LogP contribution in [0.25, 0.3) is 0 Å². The summed E-state index contributed by atoms with van der Waals surface area (Å²) in [4.78, 5) is 14.3. The number of nitrogens with zero attached hydrogens (tertiary/aromatic N) is 1. The van der Waals surface area contributed by atoms with Crippen LogP contribution in [-0.4, -0.2) is 17.0 Å². The highest BCUT2D eigenvalue weighted by molar-refractivity contribution is 7.07. The standard InChI is InChI=1S/C15H15ClN2OS/c16-13-3-1-2-4-14(13)17-15(19)18(12-5-6-12)9-11-7-8-20-10-11/h1-4,7-8,10,12H,5-6,9H2,(H,17,19). The summed E-state index contributed by atoms with van der Waals surface area (Å²) in [7, 11) is 0. The first kappa shape index (κ1) is 13.5. The van der Waals surface area contributed by atoms with Gasteiger partial charge in [0.15, 0.2) is 0 Å². The SMILES string of the molecule is O=C(Nc1ccccc1Cl)N(Cc1ccsc1)C1CC1. The number of amides is 2. The summed E-state index contributed by atoms with van der Waals surface area (Å²) >= 11 is 7.73. The lowest BCUT2D eigenvalue weighted by Crippen LogP contribution is -2.36. The number of anilines is 1. The van der Waals surface area contributed by atoms with Crippen LogP contribution in [0.2, 0.25) is 5.02 Å². The third kappa shape index (κ3) is 3.14. The molecule has 1 aliphatic rings. The molecular weight excluding hydrogens is 292 g/mol. The van der Waals surface area contributed by atoms with Crippen LogP contribution in [0.1, 0.15) is 18.4 Å². The van der Waals surface area contributed by atoms with Crippen LogP contribution in [0.5, 0.6) is 0 Å². The van der Waals surface area contributed by atoms with Crippen LogP contribution in [-0.2, 0) is 6.54 Å². The van der Waals surface area contributed by atoms with Gasteiger partial charge < -0.3 is 10.2 Å². The van der Waals surface area contributed by atoms with Gasteiger partial charge in [0.05, 0.1) is 10.7 Å². The minimum absolute atomic E-state index is 0.0770. The maximum Gasteiger partial charge on any atom is 0.322 e. The molecule has 1 aromatic carbocycles. The Balaban J connectivity index is 1.71. The minimum Gasteiger partial charge on any atom is -0.317 e. The van der Waals surface area contributed by atoms with E-state index in [1.54, 1.807) is 17.4 Å². The molecule has 1 fully saturated rings. The molecule has 2 aromatic rings. The Kier molecular flexibility index (Phi) is 3.94. The molecule has 1 heterocycles. The first-order valence-electron chi connectivity index (χ1n) is 6.57. The summed E-state index contributed by atoms with van der Waals surface area (Å²) in [5.41, 5.74) is 1.84. The van der Waals surface area contributed by atoms with Crippen LogP contribution in [0.3, 0.4) is 0 Å². The molecule has 0 radical (unpaired) electrons. The predicted molar refractivity (Wildman–Crippen MR) is 83.4 cm³/mol. The van der Waals surface area contributed by atoms with Crippen molar-refractivity contribution >= 4 is 34.7 Å². The molecule has 104 valence electrons. The number of urea groups is 1. The Morgan fingerprint density at radius 3 is 2.80 bits per heavy atom. The number of rotatable bonds is 4. The van der Waals surface area contributed by atoms with Crippen molar-refractivity contribution in [1.29, 1.82) is 0 Å². The molecule has 3 nitrogen and oxygen atoms in total. The van der Waals surface area contributed by atoms with E-state index < -0.39 is 0 Å². The van der Waals surface area contributed by atoms with Crippen molar-refractivity contribution in [3.05, 3.63) is 51.7 Å². The van der Waals surface area contributed by atoms with Gasteiger partial charge >= 0.3 is 6.03 Å². The van der Waals surface area contributed by atoms with Gasteiger partial charge in [-0.05, 0) is 47.4 Å². The Morgan fingerprint density at radius 1 is 1.35 bits per heavy atom. The highest BCUT2D eigenvalue weighted by Crippen LogP contribution is 2.30. The molecule has 0 bridgehead atoms. The topological polar surface area (TPSA) is 32.3 Å². The smallest absolute Gasteiger partial charge is 0.317 e. The van der Waals surface area contributed by atoms with Crippen molar-refractivity contribution in [1.82, 2.24) is 4.90 Å². The molecule has 0 atom stereocenters. The molecule has 0 unspecified atom stereocenters. The fourth-order valence-electron chi connectivity index (χ4n) is 2.08. The molecule has 3 rings (SSSR count). The molecule has 0 spiro atoms. The first-order chi connectivity index (χ1) is 9.74. The molecule has 5 heteroatoms. The zero-order valence-corrected chi connectivity index (χ0v) is 12.5. The lowest BCUT2D eigenvalue weighted by molar-refractivity contribution is 0.206. The van der Waals surface area contributed by atoms with E-state index >= 15 is 0 Å². The van der Waals surface area contributed by atoms with Gasteiger partial charge in [0.2, 0.25) is 0 Å². The second-order valence-electron chi connectivity index (χ2n) is 4.90. The van der Waals surface area contributed by atoms with E-state index in [4.69, 9.17) is 11.6 Å². The number of halogens is 1. The summed E-state index contributed by atoms with van der Waals surface area (Å²) in [5.74, 6) is 0. The van der Waals surface area contributed by atoms with Gasteiger partial charge in [-0.25, -0.2) is 4.79 Å². The number of carbonyl (C=O) groups is 1. The average molecular weight is 307 g/mol. The molecular formula is C15H15ClN2OS. The normalized spacial score (nSPS) is 14.1. The van der Waals surface area contributed by atoms with E-state index in [2.05, 4.69) is 16.8 Å². The summed E-state index contributed by atoms with van der Waals surface area (Å²) in [6, 6.07) is 9.64. The summed E-state index contributed by atoms with van der Waals surface area (Å²) in [5, 5.41) is 7.58. The fraction of sp³-hybridized carbons (Fsp3) is 0.267. The van der Waals surface area contributed by atoms with Crippen molar-refractivity contribution in [2.24, 2.45) is 0 Å². The maximum absolute atomic E-state index is 12.4. The van der Waals surface area contributed by atoms with Gasteiger partial charge in [0.1, 0.15) is 0 Å². The molecule has 1 saturated carbocycles. The second kappa shape index (κ2) is 5.85. The molecule has 1 aromatic heterocycles. The molecule has 1 N–H and O–H groups in total. The van der Waals surface area contributed by atoms with Crippen molar-refractivity contribution in [2.45, 2.75) is 25.4 Å². The molecule has 20 heavy (non-hydrogen) atoms. The van der Waals surface area contributed by atoms with Gasteiger partial charge in [-0.1, -0.05) is 23.7 Å². The number of nitrogens with one attached hydrogen (secondary N) is 1. The molecule has 0 aliphatic heterocycles. The zero-order chi connectivity index (χ0) is 13.9. The van der Waals surface area contributed by atoms with E-state index in [0.29, 0.717) is 23.3 Å². The fourth-order valence-corrected chi connectivity index (χ4v) is 2.92. The number of carbonyl (C=O) groups excluding carboxylic acids is 1. The van der Waals surface area contributed by atoms with Crippen LogP contribution in [0, 0.1) is 0 Å². The third-order valence-electron chi connectivity index (χ3n) is 3.30. The van der Waals surface area contributed by atoms with E-state index in [1.165, 1.54) is 5.56 Å². The number of benzene rings is 1. The lowest BCUT2D eigenvalue weighted by Gasteiger charge is -2.22. The summed E-state index contributed by atoms with van der Waals surface area (Å²) < 4.78 is 0. The first-order valence-corrected chi connectivity index (χ1v) is 7.89. The second-order valence-corrected chi connectivity index (χ2v) is 6.09. The van der Waals surface area contributed by atoms with E-state index in [1.807, 2.05) is 28.5 Å². The monoisotopic (exact) mass is 306 g/mol. The van der Waals surface area contributed by atoms with E-state index in [0.717, 1.165) is 12.8 Å². The van der Waals surface area contributed by atoms with Crippen molar-refractivity contribution in [3.63, 3.8) is 0 Å². The third-order valence-corrected chi connectivity index (χ3v) is 4.36. The van der Waals surface area contributed by atoms with Gasteiger partial charge in [-0.15, -0.1) is 0 Å². The number of hydrogen-bond acceptors (Lipinski definition) is 2. The predicted octanol–water partition coefficient (Wildman–Crippen LogP) is 4.60.